The lowest BCUT2D eigenvalue weighted by molar-refractivity contribution is -0.133. The summed E-state index contributed by atoms with van der Waals surface area (Å²) in [7, 11) is 0. The second-order valence-electron chi connectivity index (χ2n) is 3.11. The predicted octanol–water partition coefficient (Wildman–Crippen LogP) is 1.78. The second-order valence-corrected chi connectivity index (χ2v) is 4.27. The molecule has 8 heteroatoms. The molecule has 4 nitrogen and oxygen atoms in total. The molecule has 0 unspecified atom stereocenters. The number of halogens is 3. The standard InChI is InChI=1S/C9H12F3NO3S/c1-5(6(2)8(15)16)7(14)13-3-4-17-9(10,11)12/h3-4H2,1-2H3,(H,13,14)(H,15,16). The molecular weight excluding hydrogens is 259 g/mol. The molecule has 98 valence electrons. The van der Waals surface area contributed by atoms with Crippen LogP contribution in [-0.4, -0.2) is 34.8 Å². The number of nitrogens with one attached hydrogen (secondary N) is 1. The smallest absolute Gasteiger partial charge is 0.441 e. The molecule has 0 saturated heterocycles. The summed E-state index contributed by atoms with van der Waals surface area (Å²) in [5, 5.41) is 10.8. The molecule has 0 radical (unpaired) electrons. The van der Waals surface area contributed by atoms with Crippen molar-refractivity contribution in [1.82, 2.24) is 5.32 Å². The normalized spacial score (nSPS) is 13.0. The molecule has 0 bridgehead atoms. The number of amides is 1. The Hall–Kier alpha value is -1.18. The van der Waals surface area contributed by atoms with Gasteiger partial charge in [0.1, 0.15) is 0 Å². The molecule has 0 aliphatic rings. The highest BCUT2D eigenvalue weighted by atomic mass is 32.2. The molecule has 2 N–H and O–H groups in total. The van der Waals surface area contributed by atoms with Crippen molar-refractivity contribution in [3.8, 4) is 0 Å². The van der Waals surface area contributed by atoms with Crippen molar-refractivity contribution in [2.75, 3.05) is 12.3 Å². The van der Waals surface area contributed by atoms with Gasteiger partial charge >= 0.3 is 11.5 Å². The molecule has 0 aromatic carbocycles. The SMILES string of the molecule is CC(C(=O)O)=C(C)C(=O)NCCSC(F)(F)F. The van der Waals surface area contributed by atoms with Crippen molar-refractivity contribution >= 4 is 23.6 Å². The van der Waals surface area contributed by atoms with E-state index in [1.165, 1.54) is 13.8 Å². The van der Waals surface area contributed by atoms with Crippen LogP contribution in [0.4, 0.5) is 13.2 Å². The van der Waals surface area contributed by atoms with E-state index < -0.39 is 17.4 Å². The summed E-state index contributed by atoms with van der Waals surface area (Å²) < 4.78 is 35.2. The van der Waals surface area contributed by atoms with Crippen molar-refractivity contribution in [2.45, 2.75) is 19.4 Å². The summed E-state index contributed by atoms with van der Waals surface area (Å²) in [5.74, 6) is -2.22. The summed E-state index contributed by atoms with van der Waals surface area (Å²) >= 11 is -0.245. The maximum Gasteiger partial charge on any atom is 0.441 e. The monoisotopic (exact) mass is 271 g/mol. The van der Waals surface area contributed by atoms with Crippen LogP contribution in [0.25, 0.3) is 0 Å². The quantitative estimate of drug-likeness (QED) is 0.591. The zero-order valence-electron chi connectivity index (χ0n) is 9.22. The van der Waals surface area contributed by atoms with Crippen molar-refractivity contribution in [2.24, 2.45) is 0 Å². The fraction of sp³-hybridized carbons (Fsp3) is 0.556. The van der Waals surface area contributed by atoms with Gasteiger partial charge in [0.05, 0.1) is 0 Å². The van der Waals surface area contributed by atoms with Crippen LogP contribution in [0.3, 0.4) is 0 Å². The number of alkyl halides is 3. The Morgan fingerprint density at radius 2 is 1.76 bits per heavy atom. The lowest BCUT2D eigenvalue weighted by atomic mass is 10.1. The van der Waals surface area contributed by atoms with Gasteiger partial charge in [0.15, 0.2) is 0 Å². The Balaban J connectivity index is 4.13. The fourth-order valence-electron chi connectivity index (χ4n) is 0.795. The summed E-state index contributed by atoms with van der Waals surface area (Å²) in [6.45, 7) is 2.38. The van der Waals surface area contributed by atoms with Crippen LogP contribution in [-0.2, 0) is 9.59 Å². The molecule has 0 aliphatic carbocycles. The van der Waals surface area contributed by atoms with E-state index in [0.29, 0.717) is 0 Å². The first kappa shape index (κ1) is 15.8. The highest BCUT2D eigenvalue weighted by molar-refractivity contribution is 8.00. The van der Waals surface area contributed by atoms with Gasteiger partial charge in [0, 0.05) is 23.4 Å². The summed E-state index contributed by atoms with van der Waals surface area (Å²) in [4.78, 5) is 21.8. The Bertz CT molecular complexity index is 339. The number of carboxylic acids is 1. The van der Waals surface area contributed by atoms with E-state index >= 15 is 0 Å². The van der Waals surface area contributed by atoms with Crippen LogP contribution < -0.4 is 5.32 Å². The number of hydrogen-bond acceptors (Lipinski definition) is 3. The highest BCUT2D eigenvalue weighted by Crippen LogP contribution is 2.29. The number of thioether (sulfide) groups is 1. The third-order valence-electron chi connectivity index (χ3n) is 1.88. The topological polar surface area (TPSA) is 66.4 Å². The van der Waals surface area contributed by atoms with Gasteiger partial charge in [-0.25, -0.2) is 4.79 Å². The third kappa shape index (κ3) is 6.88. The number of aliphatic carboxylic acids is 1. The van der Waals surface area contributed by atoms with Gasteiger partial charge in [0.25, 0.3) is 0 Å². The van der Waals surface area contributed by atoms with Crippen LogP contribution in [0.15, 0.2) is 11.1 Å². The minimum absolute atomic E-state index is 0.0190. The molecule has 0 fully saturated rings. The maximum atomic E-state index is 11.7. The Morgan fingerprint density at radius 3 is 2.18 bits per heavy atom. The zero-order chi connectivity index (χ0) is 13.6. The molecule has 0 saturated carbocycles. The van der Waals surface area contributed by atoms with E-state index in [4.69, 9.17) is 5.11 Å². The highest BCUT2D eigenvalue weighted by Gasteiger charge is 2.27. The first-order chi connectivity index (χ1) is 7.65. The van der Waals surface area contributed by atoms with E-state index in [2.05, 4.69) is 5.32 Å². The van der Waals surface area contributed by atoms with Gasteiger partial charge in [-0.05, 0) is 25.6 Å². The van der Waals surface area contributed by atoms with Gasteiger partial charge in [-0.3, -0.25) is 4.79 Å². The van der Waals surface area contributed by atoms with Gasteiger partial charge < -0.3 is 10.4 Å². The molecule has 1 amide bonds. The van der Waals surface area contributed by atoms with Crippen molar-refractivity contribution in [3.63, 3.8) is 0 Å². The van der Waals surface area contributed by atoms with Gasteiger partial charge in [-0.1, -0.05) is 0 Å². The van der Waals surface area contributed by atoms with E-state index in [-0.39, 0.29) is 35.2 Å². The molecular formula is C9H12F3NO3S. The number of hydrogen-bond donors (Lipinski definition) is 2. The average Bonchev–Trinajstić information content (AvgIpc) is 2.20. The van der Waals surface area contributed by atoms with Crippen LogP contribution in [0.5, 0.6) is 0 Å². The number of carbonyl (C=O) groups is 2. The van der Waals surface area contributed by atoms with Gasteiger partial charge in [-0.15, -0.1) is 0 Å². The molecule has 0 rings (SSSR count). The molecule has 0 heterocycles. The molecule has 0 aromatic rings. The van der Waals surface area contributed by atoms with Crippen molar-refractivity contribution in [1.29, 1.82) is 0 Å². The van der Waals surface area contributed by atoms with Crippen LogP contribution in [0, 0.1) is 0 Å². The fourth-order valence-corrected chi connectivity index (χ4v) is 1.23. The molecule has 0 atom stereocenters. The van der Waals surface area contributed by atoms with Gasteiger partial charge in [-0.2, -0.15) is 13.2 Å². The number of carboxylic acid groups (broad SMARTS) is 1. The van der Waals surface area contributed by atoms with Crippen molar-refractivity contribution < 1.29 is 27.9 Å². The zero-order valence-corrected chi connectivity index (χ0v) is 10.0. The summed E-state index contributed by atoms with van der Waals surface area (Å²) in [5.41, 5.74) is -4.48. The average molecular weight is 271 g/mol. The minimum atomic E-state index is -4.33. The third-order valence-corrected chi connectivity index (χ3v) is 2.61. The van der Waals surface area contributed by atoms with E-state index in [1.54, 1.807) is 0 Å². The van der Waals surface area contributed by atoms with E-state index in [9.17, 15) is 22.8 Å². The van der Waals surface area contributed by atoms with Crippen molar-refractivity contribution in [3.05, 3.63) is 11.1 Å². The number of rotatable bonds is 5. The summed E-state index contributed by atoms with van der Waals surface area (Å²) in [6, 6.07) is 0. The molecule has 0 aliphatic heterocycles. The largest absolute Gasteiger partial charge is 0.478 e. The van der Waals surface area contributed by atoms with E-state index in [1.807, 2.05) is 0 Å². The Labute approximate surface area is 100 Å². The first-order valence-corrected chi connectivity index (χ1v) is 5.53. The number of carbonyl (C=O) groups excluding carboxylic acids is 1. The second kappa shape index (κ2) is 6.53. The lowest BCUT2D eigenvalue weighted by Crippen LogP contribution is -2.28. The van der Waals surface area contributed by atoms with Crippen LogP contribution in [0.1, 0.15) is 13.8 Å². The minimum Gasteiger partial charge on any atom is -0.478 e. The molecule has 17 heavy (non-hydrogen) atoms. The van der Waals surface area contributed by atoms with Gasteiger partial charge in [0.2, 0.25) is 5.91 Å². The van der Waals surface area contributed by atoms with E-state index in [0.717, 1.165) is 0 Å². The van der Waals surface area contributed by atoms with Crippen LogP contribution in [0.2, 0.25) is 0 Å². The summed E-state index contributed by atoms with van der Waals surface area (Å²) in [6.07, 6.45) is 0. The molecule has 0 spiro atoms. The maximum absolute atomic E-state index is 11.7. The Kier molecular flexibility index (Phi) is 6.08. The lowest BCUT2D eigenvalue weighted by Gasteiger charge is -2.08. The first-order valence-electron chi connectivity index (χ1n) is 4.55. The molecule has 0 aromatic heterocycles. The predicted molar refractivity (Wildman–Crippen MR) is 57.5 cm³/mol. The van der Waals surface area contributed by atoms with Crippen LogP contribution >= 0.6 is 11.8 Å². The Morgan fingerprint density at radius 1 is 1.24 bits per heavy atom.